The fourth-order valence-electron chi connectivity index (χ4n) is 12.4. The number of anilines is 4. The zero-order valence-electron chi connectivity index (χ0n) is 71.9. The first-order chi connectivity index (χ1) is 57.6. The summed E-state index contributed by atoms with van der Waals surface area (Å²) in [7, 11) is 28.2. The second kappa shape index (κ2) is 60.0. The quantitative estimate of drug-likeness (QED) is 0.0875. The van der Waals surface area contributed by atoms with Gasteiger partial charge in [-0.25, -0.2) is 0 Å². The average molecular weight is 1910 g/mol. The number of hydrogen-bond donors (Lipinski definition) is 0. The summed E-state index contributed by atoms with van der Waals surface area (Å²) in [6.07, 6.45) is 23.1. The third-order valence-electron chi connectivity index (χ3n) is 16.4. The number of pyridine rings is 5. The first-order valence-corrected chi connectivity index (χ1v) is 50.3. The van der Waals surface area contributed by atoms with E-state index in [-0.39, 0.29) is 5.34 Å². The Morgan fingerprint density at radius 1 is 0.292 bits per heavy atom. The molecule has 18 nitrogen and oxygen atoms in total. The van der Waals surface area contributed by atoms with Crippen LogP contribution in [0.2, 0.25) is 0 Å². The first-order valence-electron chi connectivity index (χ1n) is 38.3. The molecule has 0 atom stereocenters. The fourth-order valence-corrected chi connectivity index (χ4v) is 16.0. The van der Waals surface area contributed by atoms with Crippen LogP contribution in [0.4, 0.5) is 22.7 Å². The minimum atomic E-state index is -1.61. The van der Waals surface area contributed by atoms with Crippen LogP contribution in [0.1, 0.15) is 95.0 Å². The van der Waals surface area contributed by atoms with Gasteiger partial charge in [0.25, 0.3) is 0 Å². The number of aryl methyl sites for hydroxylation is 18. The SMILES string of the molecule is Cc1cc(C)c(N2[CH-]N(c3c(C)cc(C)cc3C)CC2)c(C)c1.Cc1cc(C)c(N2[CH-]N(c3c(C)cc(C)cc3C)CC2)c(C)c1.Cc1cn(C)nn1.Cc1cn(C)nn1.Cc1cn(C)nn1.ClCCl.[Cl][Ru]([Cl])=[CH]c1ccccc1.[Cl][Ru]([Cl])=[CH]c1ccccc1.c1ccncc1.c1ccncc1.c1ccncc1.c1ccncc1.c1ccncc1. The van der Waals surface area contributed by atoms with Gasteiger partial charge in [0.15, 0.2) is 0 Å². The van der Waals surface area contributed by atoms with Crippen molar-refractivity contribution in [2.45, 2.75) is 104 Å². The second-order valence-electron chi connectivity index (χ2n) is 27.3. The van der Waals surface area contributed by atoms with Gasteiger partial charge in [-0.3, -0.25) is 39.0 Å². The molecule has 2 aliphatic heterocycles. The fraction of sp³-hybridized carbons (Fsp3) is 0.245. The van der Waals surface area contributed by atoms with Crippen molar-refractivity contribution in [1.29, 1.82) is 0 Å². The minimum Gasteiger partial charge on any atom is -0.265 e. The van der Waals surface area contributed by atoms with Crippen LogP contribution in [0.15, 0.2) is 281 Å². The van der Waals surface area contributed by atoms with Crippen LogP contribution >= 0.6 is 62.0 Å². The molecule has 0 bridgehead atoms. The molecular weight excluding hydrogens is 1800 g/mol. The van der Waals surface area contributed by atoms with Gasteiger partial charge >= 0.3 is 147 Å². The molecule has 10 heterocycles. The molecule has 0 aliphatic carbocycles. The zero-order chi connectivity index (χ0) is 88.0. The third kappa shape index (κ3) is 43.6. The Balaban J connectivity index is 0.000000286. The molecule has 2 saturated heterocycles. The minimum absolute atomic E-state index is 0.194. The molecule has 8 aromatic heterocycles. The van der Waals surface area contributed by atoms with Crippen LogP contribution in [0.5, 0.6) is 0 Å². The van der Waals surface area contributed by atoms with E-state index in [1.807, 2.05) is 221 Å². The summed E-state index contributed by atoms with van der Waals surface area (Å²) in [6.45, 7) is 40.9. The van der Waals surface area contributed by atoms with E-state index in [4.69, 9.17) is 62.0 Å². The molecule has 0 radical (unpaired) electrons. The Morgan fingerprint density at radius 2 is 0.467 bits per heavy atom. The summed E-state index contributed by atoms with van der Waals surface area (Å²) in [5.74, 6) is 0. The van der Waals surface area contributed by atoms with Crippen molar-refractivity contribution in [3.05, 3.63) is 389 Å². The van der Waals surface area contributed by atoms with Crippen molar-refractivity contribution < 1.29 is 27.0 Å². The summed E-state index contributed by atoms with van der Waals surface area (Å²) in [5, 5.41) is 22.4. The van der Waals surface area contributed by atoms with Crippen LogP contribution in [0.25, 0.3) is 0 Å². The van der Waals surface area contributed by atoms with Crippen molar-refractivity contribution in [1.82, 2.24) is 69.9 Å². The predicted molar refractivity (Wildman–Crippen MR) is 502 cm³/mol. The van der Waals surface area contributed by atoms with E-state index in [1.54, 1.807) is 76.0 Å². The van der Waals surface area contributed by atoms with Gasteiger partial charge in [-0.2, -0.15) is 13.3 Å². The summed E-state index contributed by atoms with van der Waals surface area (Å²) < 4.78 is 8.88. The molecule has 2 aliphatic rings. The molecule has 26 heteroatoms. The summed E-state index contributed by atoms with van der Waals surface area (Å²) >= 11 is 6.30. The third-order valence-corrected chi connectivity index (χ3v) is 20.1. The Bertz CT molecular complexity index is 4250. The van der Waals surface area contributed by atoms with Gasteiger partial charge in [-0.15, -0.1) is 38.5 Å². The number of aromatic nitrogens is 14. The Labute approximate surface area is 749 Å². The molecule has 0 amide bonds. The van der Waals surface area contributed by atoms with Crippen molar-refractivity contribution >= 4 is 93.9 Å². The zero-order valence-corrected chi connectivity index (χ0v) is 79.9. The number of nitrogens with zero attached hydrogens (tertiary/aromatic N) is 18. The Hall–Kier alpha value is -9.58. The Morgan fingerprint density at radius 3 is 0.583 bits per heavy atom. The van der Waals surface area contributed by atoms with Crippen molar-refractivity contribution in [3.63, 3.8) is 0 Å². The van der Waals surface area contributed by atoms with E-state index in [9.17, 15) is 0 Å². The summed E-state index contributed by atoms with van der Waals surface area (Å²) in [6, 6.07) is 66.6. The maximum atomic E-state index is 5.67. The van der Waals surface area contributed by atoms with Gasteiger partial charge in [-0.05, 0) is 209 Å². The molecule has 0 saturated carbocycles. The van der Waals surface area contributed by atoms with Crippen LogP contribution in [0.3, 0.4) is 0 Å². The van der Waals surface area contributed by atoms with E-state index in [0.717, 1.165) is 54.4 Å². The maximum absolute atomic E-state index is 5.67. The van der Waals surface area contributed by atoms with Gasteiger partial charge in [0.2, 0.25) is 0 Å². The molecule has 120 heavy (non-hydrogen) atoms. The first kappa shape index (κ1) is 103. The molecule has 16 rings (SSSR count). The molecule has 2 fully saturated rings. The smallest absolute Gasteiger partial charge is 0.0267 e. The number of halogens is 6. The number of rotatable bonds is 6. The van der Waals surface area contributed by atoms with Crippen molar-refractivity contribution in [3.8, 4) is 0 Å². The second-order valence-corrected chi connectivity index (χ2v) is 39.5. The van der Waals surface area contributed by atoms with Gasteiger partial charge in [0.05, 0.1) is 22.4 Å². The number of benzene rings is 6. The topological polar surface area (TPSA) is 170 Å². The average Bonchev–Trinajstić information content (AvgIpc) is 1.65. The van der Waals surface area contributed by atoms with E-state index >= 15 is 0 Å². The number of hydrogen-bond acceptors (Lipinski definition) is 15. The molecular formula is C94H114Cl6N18Ru2-2. The number of alkyl halides is 2. The Kier molecular flexibility index (Phi) is 51.4. The summed E-state index contributed by atoms with van der Waals surface area (Å²) in [5.41, 5.74) is 26.8. The van der Waals surface area contributed by atoms with Crippen LogP contribution in [-0.2, 0) is 48.2 Å². The normalized spacial score (nSPS) is 11.2. The van der Waals surface area contributed by atoms with Gasteiger partial charge in [0.1, 0.15) is 0 Å². The van der Waals surface area contributed by atoms with Crippen molar-refractivity contribution in [2.24, 2.45) is 21.1 Å². The molecule has 14 aromatic rings. The van der Waals surface area contributed by atoms with Gasteiger partial charge in [-0.1, -0.05) is 117 Å². The predicted octanol–water partition coefficient (Wildman–Crippen LogP) is 22.7. The van der Waals surface area contributed by atoms with E-state index in [1.165, 1.54) is 89.5 Å². The standard InChI is InChI=1S/2C21H27N2.2C7H6.5C5H5N.3C4H7N3.CH2Cl2.4ClH.2Ru/c2*1-14-9-16(3)20(17(4)10-14)22-7-8-23(13-22)21-18(5)11-15(2)12-19(21)6;2*1-7-5-3-2-4-6-7;5*1-2-4-6-5-3-1;3*1-4-3-7(2)6-5-4;2-1-3;;;;;;/h2*9-13H,7-8H2,1-6H3;2*1-6H;5*1-5H;3*3H,1-2H3;1H2;4*1H;;/q2*-1;;;;;;;;;;;;;;;;2*+2/p-4. The van der Waals surface area contributed by atoms with Gasteiger partial charge in [0, 0.05) is 151 Å². The summed E-state index contributed by atoms with van der Waals surface area (Å²) in [4.78, 5) is 28.5. The van der Waals surface area contributed by atoms with Crippen LogP contribution in [0, 0.1) is 117 Å². The van der Waals surface area contributed by atoms with Crippen molar-refractivity contribution in [2.75, 3.05) is 51.1 Å². The molecule has 0 unspecified atom stereocenters. The van der Waals surface area contributed by atoms with Gasteiger partial charge < -0.3 is 19.6 Å². The van der Waals surface area contributed by atoms with Crippen LogP contribution < -0.4 is 19.6 Å². The molecule has 640 valence electrons. The molecule has 0 spiro atoms. The van der Waals surface area contributed by atoms with E-state index < -0.39 is 27.0 Å². The van der Waals surface area contributed by atoms with E-state index in [2.05, 4.69) is 220 Å². The van der Waals surface area contributed by atoms with E-state index in [0.29, 0.717) is 0 Å². The maximum Gasteiger partial charge on any atom is 0.0267 e. The van der Waals surface area contributed by atoms with Crippen LogP contribution in [-0.4, -0.2) is 111 Å². The molecule has 6 aromatic carbocycles. The largest absolute Gasteiger partial charge is 0.265 e. The molecule has 0 N–H and O–H groups in total. The monoisotopic (exact) mass is 1910 g/mol.